The van der Waals surface area contributed by atoms with Gasteiger partial charge in [-0.1, -0.05) is 96.2 Å². The van der Waals surface area contributed by atoms with Crippen molar-refractivity contribution in [2.75, 3.05) is 0 Å². The molecule has 0 radical (unpaired) electrons. The van der Waals surface area contributed by atoms with Crippen LogP contribution < -0.4 is 0 Å². The fourth-order valence-electron chi connectivity index (χ4n) is 3.35. The highest BCUT2D eigenvalue weighted by Crippen LogP contribution is 2.40. The highest BCUT2D eigenvalue weighted by molar-refractivity contribution is 7.99. The minimum absolute atomic E-state index is 0.169. The SMILES string of the molecule is CCn1c(SC(c2ccccc2)c2ccccc2)nnc1-c1cccc(C)c1. The monoisotopic (exact) mass is 385 g/mol. The summed E-state index contributed by atoms with van der Waals surface area (Å²) in [5.74, 6) is 0.925. The van der Waals surface area contributed by atoms with Crippen LogP contribution in [0.3, 0.4) is 0 Å². The first kappa shape index (κ1) is 18.5. The maximum atomic E-state index is 4.56. The predicted octanol–water partition coefficient (Wildman–Crippen LogP) is 6.16. The lowest BCUT2D eigenvalue weighted by molar-refractivity contribution is 0.686. The van der Waals surface area contributed by atoms with E-state index in [2.05, 4.69) is 114 Å². The summed E-state index contributed by atoms with van der Waals surface area (Å²) < 4.78 is 2.21. The van der Waals surface area contributed by atoms with Gasteiger partial charge in [0.15, 0.2) is 11.0 Å². The van der Waals surface area contributed by atoms with Gasteiger partial charge < -0.3 is 4.57 Å². The van der Waals surface area contributed by atoms with Crippen molar-refractivity contribution in [1.82, 2.24) is 14.8 Å². The van der Waals surface area contributed by atoms with E-state index in [9.17, 15) is 0 Å². The third kappa shape index (κ3) is 3.87. The molecule has 1 heterocycles. The van der Waals surface area contributed by atoms with Crippen molar-refractivity contribution in [3.8, 4) is 11.4 Å². The van der Waals surface area contributed by atoms with Gasteiger partial charge in [0, 0.05) is 12.1 Å². The maximum absolute atomic E-state index is 4.56. The van der Waals surface area contributed by atoms with Gasteiger partial charge in [-0.2, -0.15) is 0 Å². The van der Waals surface area contributed by atoms with Gasteiger partial charge in [0.1, 0.15) is 0 Å². The van der Waals surface area contributed by atoms with Crippen LogP contribution >= 0.6 is 11.8 Å². The Hall–Kier alpha value is -2.85. The lowest BCUT2D eigenvalue weighted by atomic mass is 10.0. The van der Waals surface area contributed by atoms with Gasteiger partial charge in [0.25, 0.3) is 0 Å². The molecule has 0 aliphatic carbocycles. The Balaban J connectivity index is 1.74. The summed E-state index contributed by atoms with van der Waals surface area (Å²) in [6.07, 6.45) is 0. The minimum Gasteiger partial charge on any atom is -0.302 e. The van der Waals surface area contributed by atoms with Gasteiger partial charge in [-0.25, -0.2) is 0 Å². The summed E-state index contributed by atoms with van der Waals surface area (Å²) in [7, 11) is 0. The molecule has 4 rings (SSSR count). The van der Waals surface area contributed by atoms with Gasteiger partial charge in [-0.05, 0) is 31.0 Å². The van der Waals surface area contributed by atoms with Crippen LogP contribution in [-0.2, 0) is 6.54 Å². The minimum atomic E-state index is 0.169. The van der Waals surface area contributed by atoms with Gasteiger partial charge >= 0.3 is 0 Å². The third-order valence-electron chi connectivity index (χ3n) is 4.74. The van der Waals surface area contributed by atoms with Crippen LogP contribution in [-0.4, -0.2) is 14.8 Å². The zero-order valence-electron chi connectivity index (χ0n) is 16.1. The van der Waals surface area contributed by atoms with E-state index >= 15 is 0 Å². The van der Waals surface area contributed by atoms with Crippen LogP contribution in [0.15, 0.2) is 90.1 Å². The van der Waals surface area contributed by atoms with Crippen molar-refractivity contribution >= 4 is 11.8 Å². The zero-order chi connectivity index (χ0) is 19.3. The number of benzene rings is 3. The van der Waals surface area contributed by atoms with E-state index < -0.39 is 0 Å². The molecule has 1 aromatic heterocycles. The third-order valence-corrected chi connectivity index (χ3v) is 6.03. The topological polar surface area (TPSA) is 30.7 Å². The van der Waals surface area contributed by atoms with Crippen molar-refractivity contribution in [3.05, 3.63) is 102 Å². The molecule has 0 saturated heterocycles. The molecule has 140 valence electrons. The Morgan fingerprint density at radius 1 is 0.821 bits per heavy atom. The quantitative estimate of drug-likeness (QED) is 0.373. The highest BCUT2D eigenvalue weighted by atomic mass is 32.2. The lowest BCUT2D eigenvalue weighted by Crippen LogP contribution is -2.03. The summed E-state index contributed by atoms with van der Waals surface area (Å²) >= 11 is 1.76. The largest absolute Gasteiger partial charge is 0.302 e. The maximum Gasteiger partial charge on any atom is 0.192 e. The number of aromatic nitrogens is 3. The zero-order valence-corrected chi connectivity index (χ0v) is 16.9. The van der Waals surface area contributed by atoms with Crippen molar-refractivity contribution in [3.63, 3.8) is 0 Å². The first-order valence-electron chi connectivity index (χ1n) is 9.53. The second-order valence-electron chi connectivity index (χ2n) is 6.74. The summed E-state index contributed by atoms with van der Waals surface area (Å²) in [5.41, 5.74) is 4.86. The number of rotatable bonds is 6. The van der Waals surface area contributed by atoms with Gasteiger partial charge in [-0.15, -0.1) is 10.2 Å². The highest BCUT2D eigenvalue weighted by Gasteiger charge is 2.21. The molecule has 0 atom stereocenters. The fourth-order valence-corrected chi connectivity index (χ4v) is 4.58. The van der Waals surface area contributed by atoms with Crippen LogP contribution in [0.1, 0.15) is 28.9 Å². The smallest absolute Gasteiger partial charge is 0.192 e. The molecule has 4 aromatic rings. The van der Waals surface area contributed by atoms with Crippen LogP contribution in [0.4, 0.5) is 0 Å². The molecular weight excluding hydrogens is 362 g/mol. The lowest BCUT2D eigenvalue weighted by Gasteiger charge is -2.18. The Bertz CT molecular complexity index is 1000. The van der Waals surface area contributed by atoms with Gasteiger partial charge in [-0.3, -0.25) is 0 Å². The Labute approximate surface area is 170 Å². The normalized spacial score (nSPS) is 11.1. The van der Waals surface area contributed by atoms with Crippen LogP contribution in [0.2, 0.25) is 0 Å². The Kier molecular flexibility index (Phi) is 5.58. The number of hydrogen-bond donors (Lipinski definition) is 0. The molecule has 0 unspecified atom stereocenters. The molecule has 0 amide bonds. The van der Waals surface area contributed by atoms with Crippen molar-refractivity contribution in [1.29, 1.82) is 0 Å². The Morgan fingerprint density at radius 2 is 1.46 bits per heavy atom. The molecule has 28 heavy (non-hydrogen) atoms. The van der Waals surface area contributed by atoms with E-state index in [1.54, 1.807) is 11.8 Å². The van der Waals surface area contributed by atoms with E-state index in [-0.39, 0.29) is 5.25 Å². The van der Waals surface area contributed by atoms with E-state index in [1.165, 1.54) is 16.7 Å². The van der Waals surface area contributed by atoms with E-state index in [4.69, 9.17) is 0 Å². The molecule has 4 heteroatoms. The molecule has 0 aliphatic rings. The summed E-state index contributed by atoms with van der Waals surface area (Å²) in [5, 5.41) is 10.2. The van der Waals surface area contributed by atoms with Crippen LogP contribution in [0.25, 0.3) is 11.4 Å². The van der Waals surface area contributed by atoms with Crippen molar-refractivity contribution in [2.24, 2.45) is 0 Å². The molecular formula is C24H23N3S. The van der Waals surface area contributed by atoms with E-state index in [0.717, 1.165) is 23.1 Å². The average Bonchev–Trinajstić information content (AvgIpc) is 3.16. The second kappa shape index (κ2) is 8.44. The van der Waals surface area contributed by atoms with Crippen LogP contribution in [0.5, 0.6) is 0 Å². The molecule has 0 fully saturated rings. The number of aryl methyl sites for hydroxylation is 1. The molecule has 0 bridgehead atoms. The number of nitrogens with zero attached hydrogens (tertiary/aromatic N) is 3. The molecule has 3 aromatic carbocycles. The molecule has 0 N–H and O–H groups in total. The van der Waals surface area contributed by atoms with E-state index in [1.807, 2.05) is 0 Å². The first-order chi connectivity index (χ1) is 13.8. The standard InChI is InChI=1S/C24H23N3S/c1-3-27-23(21-16-10-11-18(2)17-21)25-26-24(27)28-22(19-12-6-4-7-13-19)20-14-8-5-9-15-20/h4-17,22H,3H2,1-2H3. The molecule has 3 nitrogen and oxygen atoms in total. The second-order valence-corrected chi connectivity index (χ2v) is 7.81. The Morgan fingerprint density at radius 3 is 2.04 bits per heavy atom. The van der Waals surface area contributed by atoms with Gasteiger partial charge in [0.2, 0.25) is 0 Å². The van der Waals surface area contributed by atoms with Gasteiger partial charge in [0.05, 0.1) is 5.25 Å². The predicted molar refractivity (Wildman–Crippen MR) is 116 cm³/mol. The fraction of sp³-hybridized carbons (Fsp3) is 0.167. The summed E-state index contributed by atoms with van der Waals surface area (Å²) in [6.45, 7) is 5.08. The summed E-state index contributed by atoms with van der Waals surface area (Å²) in [6, 6.07) is 29.6. The molecule has 0 aliphatic heterocycles. The molecule has 0 saturated carbocycles. The molecule has 0 spiro atoms. The van der Waals surface area contributed by atoms with Crippen LogP contribution in [0, 0.1) is 6.92 Å². The average molecular weight is 386 g/mol. The number of hydrogen-bond acceptors (Lipinski definition) is 3. The first-order valence-corrected chi connectivity index (χ1v) is 10.4. The van der Waals surface area contributed by atoms with E-state index in [0.29, 0.717) is 0 Å². The number of thioether (sulfide) groups is 1. The summed E-state index contributed by atoms with van der Waals surface area (Å²) in [4.78, 5) is 0. The van der Waals surface area contributed by atoms with Crippen molar-refractivity contribution < 1.29 is 0 Å². The van der Waals surface area contributed by atoms with Crippen molar-refractivity contribution in [2.45, 2.75) is 30.8 Å².